The quantitative estimate of drug-likeness (QED) is 0.457. The van der Waals surface area contributed by atoms with Gasteiger partial charge in [0.2, 0.25) is 5.91 Å². The van der Waals surface area contributed by atoms with Crippen LogP contribution in [0.1, 0.15) is 65.7 Å². The Balaban J connectivity index is 0.00000420. The highest BCUT2D eigenvalue weighted by molar-refractivity contribution is 5.85. The van der Waals surface area contributed by atoms with Gasteiger partial charge in [-0.3, -0.25) is 15.1 Å². The summed E-state index contributed by atoms with van der Waals surface area (Å²) < 4.78 is 5.55. The number of nitrogens with zero attached hydrogens (tertiary/aromatic N) is 2. The first kappa shape index (κ1) is 25.3. The van der Waals surface area contributed by atoms with Gasteiger partial charge in [0.15, 0.2) is 5.96 Å². The van der Waals surface area contributed by atoms with E-state index in [1.54, 1.807) is 4.90 Å². The maximum Gasteiger partial charge on any atom is 0.411 e. The highest BCUT2D eigenvalue weighted by atomic mass is 35.5. The van der Waals surface area contributed by atoms with Gasteiger partial charge >= 0.3 is 6.09 Å². The monoisotopic (exact) mass is 431 g/mol. The molecule has 2 aliphatic rings. The van der Waals surface area contributed by atoms with Crippen LogP contribution in [0.3, 0.4) is 0 Å². The lowest BCUT2D eigenvalue weighted by Crippen LogP contribution is -2.50. The van der Waals surface area contributed by atoms with Gasteiger partial charge in [-0.1, -0.05) is 19.3 Å². The van der Waals surface area contributed by atoms with Crippen molar-refractivity contribution in [3.8, 4) is 0 Å². The zero-order valence-electron chi connectivity index (χ0n) is 18.0. The Hall–Kier alpha value is -1.70. The summed E-state index contributed by atoms with van der Waals surface area (Å²) in [5, 5.41) is 10.5. The number of hydrogen-bond donors (Lipinski definition) is 3. The van der Waals surface area contributed by atoms with Crippen LogP contribution in [-0.4, -0.2) is 65.6 Å². The SMILES string of the molecule is CC(C)(C)OC(=O)N(CC(=O)NCC1CCN(C(=N)N)CC1)C1CCCCC1.Cl. The standard InChI is InChI=1S/C20H37N5O3.ClH/c1-20(2,3)28-19(27)25(16-7-5-4-6-8-16)14-17(26)23-13-15-9-11-24(12-10-15)18(21)22;/h15-16H,4-14H2,1-3H3,(H3,21,22)(H,23,26);1H. The van der Waals surface area contributed by atoms with Gasteiger partial charge in [0.1, 0.15) is 12.1 Å². The summed E-state index contributed by atoms with van der Waals surface area (Å²) in [5.74, 6) is 0.359. The first-order valence-electron chi connectivity index (χ1n) is 10.5. The Morgan fingerprint density at radius 3 is 2.24 bits per heavy atom. The molecule has 8 nitrogen and oxygen atoms in total. The normalized spacial score (nSPS) is 18.5. The molecule has 1 saturated heterocycles. The van der Waals surface area contributed by atoms with E-state index in [2.05, 4.69) is 5.32 Å². The first-order chi connectivity index (χ1) is 13.2. The number of halogens is 1. The molecule has 1 aliphatic carbocycles. The zero-order valence-corrected chi connectivity index (χ0v) is 18.9. The third kappa shape index (κ3) is 8.68. The van der Waals surface area contributed by atoms with Gasteiger partial charge in [-0.2, -0.15) is 0 Å². The molecule has 0 aromatic carbocycles. The largest absolute Gasteiger partial charge is 0.444 e. The van der Waals surface area contributed by atoms with Gasteiger partial charge in [0.05, 0.1) is 0 Å². The second-order valence-electron chi connectivity index (χ2n) is 9.02. The smallest absolute Gasteiger partial charge is 0.411 e. The highest BCUT2D eigenvalue weighted by Gasteiger charge is 2.31. The van der Waals surface area contributed by atoms with Crippen molar-refractivity contribution in [2.75, 3.05) is 26.2 Å². The van der Waals surface area contributed by atoms with Crippen molar-refractivity contribution in [3.05, 3.63) is 0 Å². The van der Waals surface area contributed by atoms with Crippen LogP contribution in [0.15, 0.2) is 0 Å². The van der Waals surface area contributed by atoms with Gasteiger partial charge in [-0.25, -0.2) is 4.79 Å². The number of nitrogens with one attached hydrogen (secondary N) is 2. The fourth-order valence-electron chi connectivity index (χ4n) is 3.90. The molecule has 0 atom stereocenters. The molecule has 0 bridgehead atoms. The fourth-order valence-corrected chi connectivity index (χ4v) is 3.90. The number of amides is 2. The van der Waals surface area contributed by atoms with Gasteiger partial charge in [-0.05, 0) is 52.4 Å². The summed E-state index contributed by atoms with van der Waals surface area (Å²) in [6.45, 7) is 7.68. The third-order valence-electron chi connectivity index (χ3n) is 5.50. The summed E-state index contributed by atoms with van der Waals surface area (Å²) in [6.07, 6.45) is 6.61. The van der Waals surface area contributed by atoms with Crippen LogP contribution in [-0.2, 0) is 9.53 Å². The molecule has 4 N–H and O–H groups in total. The molecule has 1 heterocycles. The molecule has 2 amide bonds. The number of piperidine rings is 1. The molecule has 2 rings (SSSR count). The van der Waals surface area contributed by atoms with Crippen molar-refractivity contribution in [1.29, 1.82) is 5.41 Å². The van der Waals surface area contributed by atoms with Gasteiger partial charge < -0.3 is 20.7 Å². The van der Waals surface area contributed by atoms with Crippen LogP contribution in [0.5, 0.6) is 0 Å². The van der Waals surface area contributed by atoms with E-state index in [0.29, 0.717) is 12.5 Å². The Morgan fingerprint density at radius 1 is 1.14 bits per heavy atom. The van der Waals surface area contributed by atoms with Gasteiger partial charge in [-0.15, -0.1) is 12.4 Å². The van der Waals surface area contributed by atoms with Crippen LogP contribution in [0.25, 0.3) is 0 Å². The maximum absolute atomic E-state index is 12.7. The number of ether oxygens (including phenoxy) is 1. The lowest BCUT2D eigenvalue weighted by atomic mass is 9.94. The topological polar surface area (TPSA) is 112 Å². The summed E-state index contributed by atoms with van der Waals surface area (Å²) >= 11 is 0. The summed E-state index contributed by atoms with van der Waals surface area (Å²) in [5.41, 5.74) is 4.94. The Labute approximate surface area is 180 Å². The van der Waals surface area contributed by atoms with E-state index in [1.165, 1.54) is 6.42 Å². The summed E-state index contributed by atoms with van der Waals surface area (Å²) in [7, 11) is 0. The average molecular weight is 432 g/mol. The number of guanidine groups is 1. The van der Waals surface area contributed by atoms with E-state index in [1.807, 2.05) is 25.7 Å². The fraction of sp³-hybridized carbons (Fsp3) is 0.850. The molecule has 0 spiro atoms. The van der Waals surface area contributed by atoms with Crippen LogP contribution >= 0.6 is 12.4 Å². The lowest BCUT2D eigenvalue weighted by Gasteiger charge is -2.35. The molecule has 0 unspecified atom stereocenters. The zero-order chi connectivity index (χ0) is 20.7. The minimum absolute atomic E-state index is 0. The van der Waals surface area contributed by atoms with E-state index >= 15 is 0 Å². The minimum Gasteiger partial charge on any atom is -0.444 e. The van der Waals surface area contributed by atoms with Crippen LogP contribution in [0.4, 0.5) is 4.79 Å². The molecule has 1 saturated carbocycles. The number of likely N-dealkylation sites (tertiary alicyclic amines) is 1. The molecular weight excluding hydrogens is 394 g/mol. The second-order valence-corrected chi connectivity index (χ2v) is 9.02. The number of hydrogen-bond acceptors (Lipinski definition) is 4. The number of nitrogens with two attached hydrogens (primary N) is 1. The summed E-state index contributed by atoms with van der Waals surface area (Å²) in [4.78, 5) is 28.7. The van der Waals surface area contributed by atoms with E-state index < -0.39 is 11.7 Å². The predicted molar refractivity (Wildman–Crippen MR) is 116 cm³/mol. The van der Waals surface area contributed by atoms with Gasteiger partial charge in [0.25, 0.3) is 0 Å². The molecule has 0 aromatic rings. The molecule has 0 radical (unpaired) electrons. The molecule has 1 aliphatic heterocycles. The molecule has 2 fully saturated rings. The van der Waals surface area contributed by atoms with Crippen LogP contribution < -0.4 is 11.1 Å². The Bertz CT molecular complexity index is 553. The van der Waals surface area contributed by atoms with Crippen LogP contribution in [0.2, 0.25) is 0 Å². The number of rotatable bonds is 5. The van der Waals surface area contributed by atoms with Crippen molar-refractivity contribution in [2.45, 2.75) is 77.4 Å². The lowest BCUT2D eigenvalue weighted by molar-refractivity contribution is -0.123. The van der Waals surface area contributed by atoms with Crippen molar-refractivity contribution in [1.82, 2.24) is 15.1 Å². The van der Waals surface area contributed by atoms with E-state index in [-0.39, 0.29) is 36.9 Å². The van der Waals surface area contributed by atoms with Crippen molar-refractivity contribution in [3.63, 3.8) is 0 Å². The molecule has 0 aromatic heterocycles. The first-order valence-corrected chi connectivity index (χ1v) is 10.5. The highest BCUT2D eigenvalue weighted by Crippen LogP contribution is 2.24. The minimum atomic E-state index is -0.578. The van der Waals surface area contributed by atoms with E-state index in [9.17, 15) is 9.59 Å². The van der Waals surface area contributed by atoms with Gasteiger partial charge in [0, 0.05) is 25.7 Å². The van der Waals surface area contributed by atoms with Crippen LogP contribution in [0, 0.1) is 11.3 Å². The molecule has 9 heteroatoms. The van der Waals surface area contributed by atoms with Crippen molar-refractivity contribution >= 4 is 30.4 Å². The molecule has 168 valence electrons. The molecule has 29 heavy (non-hydrogen) atoms. The molecular formula is C20H38ClN5O3. The van der Waals surface area contributed by atoms with Crippen molar-refractivity contribution < 1.29 is 14.3 Å². The number of carbonyl (C=O) groups excluding carboxylic acids is 2. The summed E-state index contributed by atoms with van der Waals surface area (Å²) in [6, 6.07) is 0.0770. The van der Waals surface area contributed by atoms with E-state index in [4.69, 9.17) is 15.9 Å². The Kier molecular flexibility index (Phi) is 10.0. The predicted octanol–water partition coefficient (Wildman–Crippen LogP) is 2.70. The number of carbonyl (C=O) groups is 2. The Morgan fingerprint density at radius 2 is 1.72 bits per heavy atom. The second kappa shape index (κ2) is 11.5. The van der Waals surface area contributed by atoms with E-state index in [0.717, 1.165) is 51.6 Å². The average Bonchev–Trinajstić information content (AvgIpc) is 2.64. The third-order valence-corrected chi connectivity index (χ3v) is 5.50. The van der Waals surface area contributed by atoms with Crippen molar-refractivity contribution in [2.24, 2.45) is 11.7 Å². The maximum atomic E-state index is 12.7.